The van der Waals surface area contributed by atoms with Gasteiger partial charge in [-0.1, -0.05) is 25.1 Å². The molecule has 3 aromatic carbocycles. The first-order valence-corrected chi connectivity index (χ1v) is 15.0. The Balaban J connectivity index is 1.71. The van der Waals surface area contributed by atoms with E-state index in [1.54, 1.807) is 12.1 Å². The molecular weight excluding hydrogens is 516 g/mol. The molecule has 7 nitrogen and oxygen atoms in total. The van der Waals surface area contributed by atoms with Gasteiger partial charge in [-0.05, 0) is 110 Å². The van der Waals surface area contributed by atoms with Crippen LogP contribution in [0.15, 0.2) is 54.6 Å². The second-order valence-electron chi connectivity index (χ2n) is 10.3. The number of aryl methyl sites for hydroxylation is 3. The normalized spacial score (nSPS) is 11.7. The molecule has 0 saturated carbocycles. The summed E-state index contributed by atoms with van der Waals surface area (Å²) in [6.07, 6.45) is 2.36. The van der Waals surface area contributed by atoms with Crippen LogP contribution in [0.1, 0.15) is 49.4 Å². The fourth-order valence-electron chi connectivity index (χ4n) is 4.30. The quantitative estimate of drug-likeness (QED) is 0.252. The molecule has 0 unspecified atom stereocenters. The minimum absolute atomic E-state index is 0.110. The van der Waals surface area contributed by atoms with Gasteiger partial charge in [0.15, 0.2) is 5.60 Å². The monoisotopic (exact) mass is 554 g/mol. The molecule has 0 fully saturated rings. The van der Waals surface area contributed by atoms with Gasteiger partial charge in [-0.25, -0.2) is 13.2 Å². The molecule has 0 aliphatic rings. The van der Waals surface area contributed by atoms with E-state index < -0.39 is 21.4 Å². The third kappa shape index (κ3) is 8.48. The van der Waals surface area contributed by atoms with E-state index in [9.17, 15) is 18.3 Å². The molecule has 0 saturated heterocycles. The molecule has 3 aromatic rings. The van der Waals surface area contributed by atoms with Crippen molar-refractivity contribution in [3.05, 3.63) is 76.9 Å². The van der Waals surface area contributed by atoms with E-state index in [1.165, 1.54) is 20.1 Å². The Morgan fingerprint density at radius 3 is 2.26 bits per heavy atom. The number of aliphatic carboxylic acids is 1. The van der Waals surface area contributed by atoms with Crippen LogP contribution in [0.5, 0.6) is 17.2 Å². The van der Waals surface area contributed by atoms with Crippen molar-refractivity contribution < 1.29 is 32.5 Å². The van der Waals surface area contributed by atoms with Gasteiger partial charge < -0.3 is 19.3 Å². The van der Waals surface area contributed by atoms with E-state index in [0.717, 1.165) is 39.1 Å². The summed E-state index contributed by atoms with van der Waals surface area (Å²) in [5.41, 5.74) is 4.89. The average molecular weight is 555 g/mol. The van der Waals surface area contributed by atoms with Gasteiger partial charge in [0.2, 0.25) is 0 Å². The van der Waals surface area contributed by atoms with Crippen molar-refractivity contribution in [1.82, 2.24) is 0 Å². The molecule has 0 bridgehead atoms. The van der Waals surface area contributed by atoms with Gasteiger partial charge in [-0.15, -0.1) is 0 Å². The maximum Gasteiger partial charge on any atom is 0.347 e. The smallest absolute Gasteiger partial charge is 0.347 e. The molecule has 3 rings (SSSR count). The largest absolute Gasteiger partial charge is 0.494 e. The fourth-order valence-corrected chi connectivity index (χ4v) is 4.94. The number of benzene rings is 3. The predicted molar refractivity (Wildman–Crippen MR) is 154 cm³/mol. The van der Waals surface area contributed by atoms with Crippen molar-refractivity contribution in [2.24, 2.45) is 0 Å². The zero-order valence-corrected chi connectivity index (χ0v) is 24.4. The summed E-state index contributed by atoms with van der Waals surface area (Å²) in [5, 5.41) is 9.38. The van der Waals surface area contributed by atoms with Crippen molar-refractivity contribution in [2.75, 3.05) is 18.6 Å². The highest BCUT2D eigenvalue weighted by molar-refractivity contribution is 7.90. The molecule has 0 aromatic heterocycles. The minimum Gasteiger partial charge on any atom is -0.494 e. The highest BCUT2D eigenvalue weighted by Gasteiger charge is 2.30. The average Bonchev–Trinajstić information content (AvgIpc) is 2.85. The van der Waals surface area contributed by atoms with Crippen LogP contribution in [0.2, 0.25) is 0 Å². The van der Waals surface area contributed by atoms with E-state index in [0.29, 0.717) is 37.6 Å². The number of rotatable bonds is 13. The van der Waals surface area contributed by atoms with Gasteiger partial charge in [0.05, 0.1) is 12.4 Å². The maximum absolute atomic E-state index is 11.4. The Bertz CT molecular complexity index is 1400. The Kier molecular flexibility index (Phi) is 9.67. The second-order valence-corrected chi connectivity index (χ2v) is 12.6. The van der Waals surface area contributed by atoms with Gasteiger partial charge in [-0.3, -0.25) is 0 Å². The number of hydrogen-bond donors (Lipinski definition) is 1. The standard InChI is InChI=1S/C31H38O7S/c1-7-24-19-26(12-13-28(24)38-31(4,5)30(32)33)37-20-23-10-8-11-25(18-23)29-21(2)16-27(17-22(29)3)36-14-9-15-39(6,34)35/h8,10-13,16-19H,7,9,14-15,20H2,1-6H3,(H,32,33). The Morgan fingerprint density at radius 1 is 0.949 bits per heavy atom. The predicted octanol–water partition coefficient (Wildman–Crippen LogP) is 6.17. The number of sulfone groups is 1. The number of carbonyl (C=O) groups is 1. The molecule has 0 atom stereocenters. The SMILES string of the molecule is CCc1cc(OCc2cccc(-c3c(C)cc(OCCCS(C)(=O)=O)cc3C)c2)ccc1OC(C)(C)C(=O)O. The maximum atomic E-state index is 11.4. The first-order valence-electron chi connectivity index (χ1n) is 13.0. The molecule has 0 aliphatic carbocycles. The Labute approximate surface area is 231 Å². The molecule has 0 amide bonds. The molecule has 0 radical (unpaired) electrons. The second kappa shape index (κ2) is 12.6. The third-order valence-electron chi connectivity index (χ3n) is 6.35. The van der Waals surface area contributed by atoms with Gasteiger partial charge in [0, 0.05) is 6.26 Å². The molecule has 210 valence electrons. The lowest BCUT2D eigenvalue weighted by Crippen LogP contribution is -2.38. The van der Waals surface area contributed by atoms with Crippen LogP contribution in [0.25, 0.3) is 11.1 Å². The lowest BCUT2D eigenvalue weighted by Gasteiger charge is -2.23. The minimum atomic E-state index is -2.99. The van der Waals surface area contributed by atoms with Gasteiger partial charge in [-0.2, -0.15) is 0 Å². The van der Waals surface area contributed by atoms with Crippen LogP contribution < -0.4 is 14.2 Å². The van der Waals surface area contributed by atoms with Crippen molar-refractivity contribution >= 4 is 15.8 Å². The summed E-state index contributed by atoms with van der Waals surface area (Å²) in [7, 11) is -2.99. The van der Waals surface area contributed by atoms with Crippen molar-refractivity contribution in [3.63, 3.8) is 0 Å². The zero-order chi connectivity index (χ0) is 28.8. The topological polar surface area (TPSA) is 99.1 Å². The van der Waals surface area contributed by atoms with Crippen LogP contribution in [-0.4, -0.2) is 43.7 Å². The van der Waals surface area contributed by atoms with Crippen molar-refractivity contribution in [1.29, 1.82) is 0 Å². The summed E-state index contributed by atoms with van der Waals surface area (Å²) in [6.45, 7) is 9.84. The summed E-state index contributed by atoms with van der Waals surface area (Å²) in [4.78, 5) is 11.4. The summed E-state index contributed by atoms with van der Waals surface area (Å²) in [6, 6.07) is 17.6. The highest BCUT2D eigenvalue weighted by atomic mass is 32.2. The van der Waals surface area contributed by atoms with Crippen molar-refractivity contribution in [3.8, 4) is 28.4 Å². The van der Waals surface area contributed by atoms with E-state index in [1.807, 2.05) is 51.1 Å². The van der Waals surface area contributed by atoms with Crippen LogP contribution in [-0.2, 0) is 27.7 Å². The molecule has 0 heterocycles. The van der Waals surface area contributed by atoms with Crippen molar-refractivity contribution in [2.45, 2.75) is 59.7 Å². The van der Waals surface area contributed by atoms with Gasteiger partial charge >= 0.3 is 5.97 Å². The van der Waals surface area contributed by atoms with Crippen LogP contribution in [0, 0.1) is 13.8 Å². The Morgan fingerprint density at radius 2 is 1.64 bits per heavy atom. The summed E-state index contributed by atoms with van der Waals surface area (Å²) >= 11 is 0. The molecule has 39 heavy (non-hydrogen) atoms. The first kappa shape index (κ1) is 30.0. The van der Waals surface area contributed by atoms with Crippen LogP contribution in [0.3, 0.4) is 0 Å². The van der Waals surface area contributed by atoms with E-state index in [2.05, 4.69) is 12.1 Å². The zero-order valence-electron chi connectivity index (χ0n) is 23.5. The number of hydrogen-bond acceptors (Lipinski definition) is 6. The number of ether oxygens (including phenoxy) is 3. The highest BCUT2D eigenvalue weighted by Crippen LogP contribution is 2.32. The number of carboxylic acids is 1. The van der Waals surface area contributed by atoms with E-state index in [-0.39, 0.29) is 5.75 Å². The third-order valence-corrected chi connectivity index (χ3v) is 7.38. The van der Waals surface area contributed by atoms with Gasteiger partial charge in [0.25, 0.3) is 0 Å². The van der Waals surface area contributed by atoms with Gasteiger partial charge in [0.1, 0.15) is 33.7 Å². The van der Waals surface area contributed by atoms with E-state index >= 15 is 0 Å². The lowest BCUT2D eigenvalue weighted by atomic mass is 9.94. The molecule has 0 aliphatic heterocycles. The molecular formula is C31H38O7S. The summed E-state index contributed by atoms with van der Waals surface area (Å²) < 4.78 is 40.3. The molecule has 0 spiro atoms. The van der Waals surface area contributed by atoms with Crippen LogP contribution >= 0.6 is 0 Å². The Hall–Kier alpha value is -3.52. The van der Waals surface area contributed by atoms with Crippen LogP contribution in [0.4, 0.5) is 0 Å². The molecule has 8 heteroatoms. The first-order chi connectivity index (χ1) is 18.3. The summed E-state index contributed by atoms with van der Waals surface area (Å²) in [5.74, 6) is 1.03. The fraction of sp³-hybridized carbons (Fsp3) is 0.387. The van der Waals surface area contributed by atoms with E-state index in [4.69, 9.17) is 14.2 Å². The molecule has 1 N–H and O–H groups in total. The lowest BCUT2D eigenvalue weighted by molar-refractivity contribution is -0.152. The number of carboxylic acid groups (broad SMARTS) is 1.